The lowest BCUT2D eigenvalue weighted by Crippen LogP contribution is -2.49. The van der Waals surface area contributed by atoms with E-state index in [-0.39, 0.29) is 11.7 Å². The van der Waals surface area contributed by atoms with Crippen molar-refractivity contribution in [2.75, 3.05) is 32.7 Å². The Bertz CT molecular complexity index is 1120. The van der Waals surface area contributed by atoms with Gasteiger partial charge in [-0.2, -0.15) is 0 Å². The highest BCUT2D eigenvalue weighted by atomic mass is 16.2. The number of nitrogens with zero attached hydrogens (tertiary/aromatic N) is 3. The number of hydrogen-bond donors (Lipinski definition) is 0. The first-order valence-electron chi connectivity index (χ1n) is 11.7. The number of hydrogen-bond acceptors (Lipinski definition) is 3. The molecule has 0 unspecified atom stereocenters. The number of rotatable bonds is 6. The SMILES string of the molecule is Cc1cc(C(=O)CN2CCN(C(=O)c3ccc(-c4ccccc4)cc3)CC2)c(C)n1C(C)C. The Morgan fingerprint density at radius 2 is 1.45 bits per heavy atom. The average Bonchev–Trinajstić information content (AvgIpc) is 3.14. The molecule has 1 aromatic heterocycles. The number of aromatic nitrogens is 1. The number of carbonyl (C=O) groups excluding carboxylic acids is 2. The van der Waals surface area contributed by atoms with E-state index < -0.39 is 0 Å². The minimum absolute atomic E-state index is 0.0565. The summed E-state index contributed by atoms with van der Waals surface area (Å²) in [6.45, 7) is 11.5. The first-order valence-corrected chi connectivity index (χ1v) is 11.7. The van der Waals surface area contributed by atoms with Gasteiger partial charge < -0.3 is 9.47 Å². The van der Waals surface area contributed by atoms with E-state index in [1.165, 1.54) is 0 Å². The van der Waals surface area contributed by atoms with Crippen molar-refractivity contribution in [1.29, 1.82) is 0 Å². The van der Waals surface area contributed by atoms with Gasteiger partial charge in [-0.05, 0) is 57.0 Å². The molecule has 0 bridgehead atoms. The van der Waals surface area contributed by atoms with Crippen molar-refractivity contribution in [2.24, 2.45) is 0 Å². The predicted molar refractivity (Wildman–Crippen MR) is 133 cm³/mol. The molecule has 0 radical (unpaired) electrons. The maximum atomic E-state index is 13.0. The molecule has 5 heteroatoms. The summed E-state index contributed by atoms with van der Waals surface area (Å²) in [5.41, 5.74) is 5.94. The molecule has 4 rings (SSSR count). The van der Waals surface area contributed by atoms with Crippen LogP contribution in [-0.4, -0.2) is 58.8 Å². The Morgan fingerprint density at radius 1 is 0.848 bits per heavy atom. The van der Waals surface area contributed by atoms with E-state index in [0.717, 1.165) is 28.1 Å². The van der Waals surface area contributed by atoms with Gasteiger partial charge in [0.05, 0.1) is 6.54 Å². The van der Waals surface area contributed by atoms with Crippen molar-refractivity contribution in [3.05, 3.63) is 83.2 Å². The fourth-order valence-corrected chi connectivity index (χ4v) is 4.87. The van der Waals surface area contributed by atoms with Crippen molar-refractivity contribution in [3.8, 4) is 11.1 Å². The number of benzene rings is 2. The highest BCUT2D eigenvalue weighted by Gasteiger charge is 2.25. The topological polar surface area (TPSA) is 45.6 Å². The Morgan fingerprint density at radius 3 is 2.03 bits per heavy atom. The van der Waals surface area contributed by atoms with Crippen LogP contribution in [0, 0.1) is 13.8 Å². The molecule has 0 N–H and O–H groups in total. The molecule has 1 saturated heterocycles. The van der Waals surface area contributed by atoms with Crippen LogP contribution in [0.2, 0.25) is 0 Å². The maximum absolute atomic E-state index is 13.0. The van der Waals surface area contributed by atoms with Gasteiger partial charge in [-0.15, -0.1) is 0 Å². The molecular formula is C28H33N3O2. The molecule has 1 aliphatic heterocycles. The van der Waals surface area contributed by atoms with Gasteiger partial charge >= 0.3 is 0 Å². The standard InChI is InChI=1S/C28H33N3O2/c1-20(2)31-21(3)18-26(22(31)4)27(32)19-29-14-16-30(17-15-29)28(33)25-12-10-24(11-13-25)23-8-6-5-7-9-23/h5-13,18,20H,14-17,19H2,1-4H3. The van der Waals surface area contributed by atoms with Crippen LogP contribution in [0.1, 0.15) is 52.0 Å². The van der Waals surface area contributed by atoms with Crippen molar-refractivity contribution in [1.82, 2.24) is 14.4 Å². The van der Waals surface area contributed by atoms with Gasteiger partial charge in [-0.25, -0.2) is 0 Å². The summed E-state index contributed by atoms with van der Waals surface area (Å²) in [7, 11) is 0. The zero-order valence-corrected chi connectivity index (χ0v) is 20.0. The van der Waals surface area contributed by atoms with E-state index in [1.807, 2.05) is 60.4 Å². The minimum atomic E-state index is 0.0565. The summed E-state index contributed by atoms with van der Waals surface area (Å²) in [4.78, 5) is 30.0. The van der Waals surface area contributed by atoms with Crippen LogP contribution in [0.25, 0.3) is 11.1 Å². The highest BCUT2D eigenvalue weighted by Crippen LogP contribution is 2.22. The molecule has 0 saturated carbocycles. The molecule has 1 fully saturated rings. The molecular weight excluding hydrogens is 410 g/mol. The largest absolute Gasteiger partial charge is 0.346 e. The Labute approximate surface area is 196 Å². The van der Waals surface area contributed by atoms with Gasteiger partial charge in [0.25, 0.3) is 5.91 Å². The summed E-state index contributed by atoms with van der Waals surface area (Å²) in [5.74, 6) is 0.215. The van der Waals surface area contributed by atoms with E-state index in [9.17, 15) is 9.59 Å². The Kier molecular flexibility index (Phi) is 6.80. The average molecular weight is 444 g/mol. The van der Waals surface area contributed by atoms with Crippen LogP contribution >= 0.6 is 0 Å². The van der Waals surface area contributed by atoms with Gasteiger partial charge in [-0.1, -0.05) is 42.5 Å². The first kappa shape index (κ1) is 23.0. The van der Waals surface area contributed by atoms with Gasteiger partial charge in [0.15, 0.2) is 5.78 Å². The van der Waals surface area contributed by atoms with Crippen molar-refractivity contribution in [2.45, 2.75) is 33.7 Å². The van der Waals surface area contributed by atoms with Crippen LogP contribution in [0.3, 0.4) is 0 Å². The predicted octanol–water partition coefficient (Wildman–Crippen LogP) is 4.99. The van der Waals surface area contributed by atoms with E-state index in [1.54, 1.807) is 0 Å². The van der Waals surface area contributed by atoms with Gasteiger partial charge in [0.1, 0.15) is 0 Å². The minimum Gasteiger partial charge on any atom is -0.346 e. The van der Waals surface area contributed by atoms with E-state index in [4.69, 9.17) is 0 Å². The third-order valence-electron chi connectivity index (χ3n) is 6.57. The summed E-state index contributed by atoms with van der Waals surface area (Å²) in [5, 5.41) is 0. The lowest BCUT2D eigenvalue weighted by Gasteiger charge is -2.34. The zero-order chi connectivity index (χ0) is 23.5. The Balaban J connectivity index is 1.34. The van der Waals surface area contributed by atoms with Gasteiger partial charge in [-0.3, -0.25) is 14.5 Å². The Hall–Kier alpha value is -3.18. The normalized spacial score (nSPS) is 14.6. The molecule has 0 aliphatic carbocycles. The zero-order valence-electron chi connectivity index (χ0n) is 20.0. The molecule has 33 heavy (non-hydrogen) atoms. The smallest absolute Gasteiger partial charge is 0.253 e. The number of aryl methyl sites for hydroxylation is 1. The summed E-state index contributed by atoms with van der Waals surface area (Å²) in [6.07, 6.45) is 0. The molecule has 5 nitrogen and oxygen atoms in total. The third kappa shape index (κ3) is 4.93. The summed E-state index contributed by atoms with van der Waals surface area (Å²) in [6, 6.07) is 20.3. The first-order chi connectivity index (χ1) is 15.8. The molecule has 0 atom stereocenters. The molecule has 3 aromatic rings. The quantitative estimate of drug-likeness (QED) is 0.504. The van der Waals surface area contributed by atoms with E-state index in [2.05, 4.69) is 42.4 Å². The fourth-order valence-electron chi connectivity index (χ4n) is 4.87. The van der Waals surface area contributed by atoms with E-state index in [0.29, 0.717) is 44.3 Å². The van der Waals surface area contributed by atoms with Crippen LogP contribution in [0.4, 0.5) is 0 Å². The number of ketones is 1. The van der Waals surface area contributed by atoms with Gasteiger partial charge in [0, 0.05) is 54.7 Å². The lowest BCUT2D eigenvalue weighted by molar-refractivity contribution is 0.0624. The molecule has 2 heterocycles. The second-order valence-corrected chi connectivity index (χ2v) is 9.18. The maximum Gasteiger partial charge on any atom is 0.253 e. The van der Waals surface area contributed by atoms with Crippen LogP contribution in [0.15, 0.2) is 60.7 Å². The van der Waals surface area contributed by atoms with Crippen LogP contribution < -0.4 is 0 Å². The lowest BCUT2D eigenvalue weighted by atomic mass is 10.0. The third-order valence-corrected chi connectivity index (χ3v) is 6.57. The van der Waals surface area contributed by atoms with E-state index >= 15 is 0 Å². The number of piperazine rings is 1. The highest BCUT2D eigenvalue weighted by molar-refractivity contribution is 5.99. The second kappa shape index (κ2) is 9.75. The van der Waals surface area contributed by atoms with Crippen LogP contribution in [0.5, 0.6) is 0 Å². The fraction of sp³-hybridized carbons (Fsp3) is 0.357. The van der Waals surface area contributed by atoms with Crippen molar-refractivity contribution >= 4 is 11.7 Å². The summed E-state index contributed by atoms with van der Waals surface area (Å²) >= 11 is 0. The molecule has 0 spiro atoms. The van der Waals surface area contributed by atoms with Crippen LogP contribution in [-0.2, 0) is 0 Å². The molecule has 172 valence electrons. The number of Topliss-reactive ketones (excluding diaryl/α,β-unsaturated/α-hetero) is 1. The van der Waals surface area contributed by atoms with Crippen molar-refractivity contribution in [3.63, 3.8) is 0 Å². The van der Waals surface area contributed by atoms with Crippen molar-refractivity contribution < 1.29 is 9.59 Å². The summed E-state index contributed by atoms with van der Waals surface area (Å²) < 4.78 is 2.22. The number of amides is 1. The number of carbonyl (C=O) groups is 2. The van der Waals surface area contributed by atoms with Gasteiger partial charge in [0.2, 0.25) is 0 Å². The molecule has 2 aromatic carbocycles. The second-order valence-electron chi connectivity index (χ2n) is 9.18. The molecule has 1 aliphatic rings. The molecule has 1 amide bonds. The monoisotopic (exact) mass is 443 g/mol.